The summed E-state index contributed by atoms with van der Waals surface area (Å²) in [6, 6.07) is 14.2. The second-order valence-corrected chi connectivity index (χ2v) is 10.1. The summed E-state index contributed by atoms with van der Waals surface area (Å²) in [5.74, 6) is 0.0644. The van der Waals surface area contributed by atoms with Gasteiger partial charge in [-0.2, -0.15) is 0 Å². The van der Waals surface area contributed by atoms with Gasteiger partial charge in [0.1, 0.15) is 0 Å². The van der Waals surface area contributed by atoms with Crippen molar-refractivity contribution in [2.45, 2.75) is 52.9 Å². The van der Waals surface area contributed by atoms with Crippen LogP contribution in [-0.2, 0) is 9.59 Å². The lowest BCUT2D eigenvalue weighted by Crippen LogP contribution is -2.43. The van der Waals surface area contributed by atoms with E-state index in [9.17, 15) is 9.59 Å². The summed E-state index contributed by atoms with van der Waals surface area (Å²) in [7, 11) is 0. The standard InChI is InChI=1S/C25H26BrNO2/c1-15-9-16(2)11-19(10-15)27-21-13-25(3,4)14-22(28)24(21)20(12-23(27)29)17-5-7-18(26)8-6-17/h5-11,20H,12-14H2,1-4H3. The number of hydrogen-bond acceptors (Lipinski definition) is 2. The number of amides is 1. The van der Waals surface area contributed by atoms with E-state index in [2.05, 4.69) is 35.8 Å². The Kier molecular flexibility index (Phi) is 5.02. The Balaban J connectivity index is 1.91. The van der Waals surface area contributed by atoms with E-state index in [1.807, 2.05) is 55.1 Å². The maximum atomic E-state index is 13.4. The zero-order valence-electron chi connectivity index (χ0n) is 17.4. The molecule has 1 aliphatic carbocycles. The van der Waals surface area contributed by atoms with Crippen molar-refractivity contribution in [3.63, 3.8) is 0 Å². The van der Waals surface area contributed by atoms with Crippen molar-refractivity contribution in [1.29, 1.82) is 0 Å². The maximum Gasteiger partial charge on any atom is 0.232 e. The largest absolute Gasteiger partial charge is 0.294 e. The van der Waals surface area contributed by atoms with Crippen LogP contribution in [0.2, 0.25) is 0 Å². The lowest BCUT2D eigenvalue weighted by molar-refractivity contribution is -0.121. The Bertz CT molecular complexity index is 1010. The fraction of sp³-hybridized carbons (Fsp3) is 0.360. The van der Waals surface area contributed by atoms with Crippen molar-refractivity contribution in [3.05, 3.63) is 74.9 Å². The van der Waals surface area contributed by atoms with Crippen LogP contribution in [0.15, 0.2) is 58.2 Å². The normalized spacial score (nSPS) is 21.4. The predicted octanol–water partition coefficient (Wildman–Crippen LogP) is 6.23. The van der Waals surface area contributed by atoms with Gasteiger partial charge in [-0.15, -0.1) is 0 Å². The number of halogens is 1. The van der Waals surface area contributed by atoms with Crippen LogP contribution < -0.4 is 4.90 Å². The number of aryl methyl sites for hydroxylation is 2. The molecule has 2 aliphatic rings. The number of hydrogen-bond donors (Lipinski definition) is 0. The Labute approximate surface area is 180 Å². The van der Waals surface area contributed by atoms with Gasteiger partial charge in [-0.25, -0.2) is 0 Å². The van der Waals surface area contributed by atoms with Crippen LogP contribution in [-0.4, -0.2) is 11.7 Å². The lowest BCUT2D eigenvalue weighted by Gasteiger charge is -2.43. The fourth-order valence-corrected chi connectivity index (χ4v) is 5.04. The van der Waals surface area contributed by atoms with Crippen molar-refractivity contribution < 1.29 is 9.59 Å². The first-order chi connectivity index (χ1) is 13.6. The van der Waals surface area contributed by atoms with E-state index >= 15 is 0 Å². The van der Waals surface area contributed by atoms with Crippen LogP contribution >= 0.6 is 15.9 Å². The zero-order chi connectivity index (χ0) is 20.9. The molecule has 2 aromatic carbocycles. The molecule has 29 heavy (non-hydrogen) atoms. The van der Waals surface area contributed by atoms with Crippen LogP contribution in [0, 0.1) is 19.3 Å². The molecular weight excluding hydrogens is 426 g/mol. The molecule has 1 heterocycles. The van der Waals surface area contributed by atoms with Crippen LogP contribution in [0.4, 0.5) is 5.69 Å². The quantitative estimate of drug-likeness (QED) is 0.542. The van der Waals surface area contributed by atoms with Gasteiger partial charge >= 0.3 is 0 Å². The molecule has 4 heteroatoms. The number of anilines is 1. The van der Waals surface area contributed by atoms with Crippen molar-refractivity contribution in [1.82, 2.24) is 0 Å². The monoisotopic (exact) mass is 451 g/mol. The minimum Gasteiger partial charge on any atom is -0.294 e. The summed E-state index contributed by atoms with van der Waals surface area (Å²) < 4.78 is 0.991. The predicted molar refractivity (Wildman–Crippen MR) is 120 cm³/mol. The highest BCUT2D eigenvalue weighted by Gasteiger charge is 2.44. The molecule has 2 aromatic rings. The second-order valence-electron chi connectivity index (χ2n) is 9.18. The molecule has 1 aliphatic heterocycles. The molecule has 4 rings (SSSR count). The van der Waals surface area contributed by atoms with Gasteiger partial charge in [0.2, 0.25) is 5.91 Å². The summed E-state index contributed by atoms with van der Waals surface area (Å²) in [5.41, 5.74) is 5.69. The molecule has 0 fully saturated rings. The molecular formula is C25H26BrNO2. The first-order valence-corrected chi connectivity index (χ1v) is 10.9. The Morgan fingerprint density at radius 1 is 0.966 bits per heavy atom. The van der Waals surface area contributed by atoms with Gasteiger partial charge in [-0.05, 0) is 66.6 Å². The third-order valence-corrected chi connectivity index (χ3v) is 6.41. The Hall–Kier alpha value is -2.20. The number of carbonyl (C=O) groups is 2. The summed E-state index contributed by atoms with van der Waals surface area (Å²) in [4.78, 5) is 28.5. The van der Waals surface area contributed by atoms with E-state index in [-0.39, 0.29) is 23.0 Å². The molecule has 3 nitrogen and oxygen atoms in total. The number of benzene rings is 2. The summed E-state index contributed by atoms with van der Waals surface area (Å²) in [5, 5.41) is 0. The van der Waals surface area contributed by atoms with Crippen molar-refractivity contribution >= 4 is 33.3 Å². The zero-order valence-corrected chi connectivity index (χ0v) is 19.0. The van der Waals surface area contributed by atoms with Crippen molar-refractivity contribution in [2.24, 2.45) is 5.41 Å². The molecule has 1 unspecified atom stereocenters. The van der Waals surface area contributed by atoms with Gasteiger partial charge in [-0.1, -0.05) is 48.0 Å². The Morgan fingerprint density at radius 2 is 1.59 bits per heavy atom. The molecule has 0 saturated carbocycles. The van der Waals surface area contributed by atoms with E-state index in [1.54, 1.807) is 0 Å². The maximum absolute atomic E-state index is 13.4. The SMILES string of the molecule is Cc1cc(C)cc(N2C(=O)CC(c3ccc(Br)cc3)C3=C2CC(C)(C)CC3=O)c1. The number of carbonyl (C=O) groups excluding carboxylic acids is 2. The highest BCUT2D eigenvalue weighted by Crippen LogP contribution is 2.48. The van der Waals surface area contributed by atoms with Crippen molar-refractivity contribution in [2.75, 3.05) is 4.90 Å². The van der Waals surface area contributed by atoms with Gasteiger partial charge in [0.25, 0.3) is 0 Å². The van der Waals surface area contributed by atoms with E-state index in [0.717, 1.165) is 44.5 Å². The molecule has 0 bridgehead atoms. The van der Waals surface area contributed by atoms with E-state index in [1.165, 1.54) is 0 Å². The van der Waals surface area contributed by atoms with E-state index in [0.29, 0.717) is 12.8 Å². The van der Waals surface area contributed by atoms with Gasteiger partial charge in [0, 0.05) is 40.2 Å². The number of rotatable bonds is 2. The topological polar surface area (TPSA) is 37.4 Å². The summed E-state index contributed by atoms with van der Waals surface area (Å²) in [6.45, 7) is 8.31. The molecule has 0 aromatic heterocycles. The van der Waals surface area contributed by atoms with Crippen LogP contribution in [0.5, 0.6) is 0 Å². The highest BCUT2D eigenvalue weighted by molar-refractivity contribution is 9.10. The molecule has 0 spiro atoms. The molecule has 1 atom stereocenters. The number of allylic oxidation sites excluding steroid dienone is 2. The first-order valence-electron chi connectivity index (χ1n) is 10.1. The fourth-order valence-electron chi connectivity index (χ4n) is 4.77. The second kappa shape index (κ2) is 7.24. The third kappa shape index (κ3) is 3.83. The Morgan fingerprint density at radius 3 is 2.21 bits per heavy atom. The van der Waals surface area contributed by atoms with Gasteiger partial charge in [0.05, 0.1) is 0 Å². The van der Waals surface area contributed by atoms with Crippen LogP contribution in [0.25, 0.3) is 0 Å². The van der Waals surface area contributed by atoms with Crippen molar-refractivity contribution in [3.8, 4) is 0 Å². The highest BCUT2D eigenvalue weighted by atomic mass is 79.9. The van der Waals surface area contributed by atoms with E-state index in [4.69, 9.17) is 0 Å². The van der Waals surface area contributed by atoms with Crippen LogP contribution in [0.3, 0.4) is 0 Å². The van der Waals surface area contributed by atoms with Gasteiger partial charge in [0.15, 0.2) is 5.78 Å². The summed E-state index contributed by atoms with van der Waals surface area (Å²) >= 11 is 3.48. The number of nitrogens with zero attached hydrogens (tertiary/aromatic N) is 1. The number of ketones is 1. The van der Waals surface area contributed by atoms with Gasteiger partial charge in [-0.3, -0.25) is 14.5 Å². The minimum absolute atomic E-state index is 0.0622. The number of Topliss-reactive ketones (excluding diaryl/α,β-unsaturated/α-hetero) is 1. The van der Waals surface area contributed by atoms with Gasteiger partial charge < -0.3 is 0 Å². The van der Waals surface area contributed by atoms with E-state index < -0.39 is 0 Å². The minimum atomic E-state index is -0.170. The average Bonchev–Trinajstić information content (AvgIpc) is 2.59. The molecule has 1 amide bonds. The lowest BCUT2D eigenvalue weighted by atomic mass is 9.69. The third-order valence-electron chi connectivity index (χ3n) is 5.88. The molecule has 0 radical (unpaired) electrons. The average molecular weight is 452 g/mol. The van der Waals surface area contributed by atoms with Crippen LogP contribution in [0.1, 0.15) is 55.7 Å². The summed E-state index contributed by atoms with van der Waals surface area (Å²) in [6.07, 6.45) is 1.56. The first kappa shape index (κ1) is 20.1. The smallest absolute Gasteiger partial charge is 0.232 e. The molecule has 0 saturated heterocycles. The molecule has 0 N–H and O–H groups in total. The molecule has 150 valence electrons.